The molecule has 2 fully saturated rings. The van der Waals surface area contributed by atoms with E-state index in [-0.39, 0.29) is 18.3 Å². The number of nitrogens with one attached hydrogen (secondary N) is 2. The highest BCUT2D eigenvalue weighted by molar-refractivity contribution is 5.85. The average Bonchev–Trinajstić information content (AvgIpc) is 2.72. The van der Waals surface area contributed by atoms with Gasteiger partial charge in [0, 0.05) is 12.5 Å². The summed E-state index contributed by atoms with van der Waals surface area (Å²) in [7, 11) is 0. The second-order valence-electron chi connectivity index (χ2n) is 5.65. The zero-order chi connectivity index (χ0) is 11.9. The lowest BCUT2D eigenvalue weighted by atomic mass is 10.0. The summed E-state index contributed by atoms with van der Waals surface area (Å²) < 4.78 is 0. The molecule has 2 rings (SSSR count). The Balaban J connectivity index is 0.00000162. The largest absolute Gasteiger partial charge is 0.353 e. The van der Waals surface area contributed by atoms with E-state index >= 15 is 0 Å². The van der Waals surface area contributed by atoms with Crippen LogP contribution in [0.5, 0.6) is 0 Å². The van der Waals surface area contributed by atoms with Gasteiger partial charge in [0.25, 0.3) is 0 Å². The highest BCUT2D eigenvalue weighted by Gasteiger charge is 2.18. The maximum atomic E-state index is 11.8. The Morgan fingerprint density at radius 2 is 1.83 bits per heavy atom. The van der Waals surface area contributed by atoms with E-state index in [2.05, 4.69) is 10.6 Å². The molecule has 2 N–H and O–H groups in total. The van der Waals surface area contributed by atoms with E-state index in [4.69, 9.17) is 0 Å². The number of amides is 1. The number of hydrogen-bond donors (Lipinski definition) is 2. The Hall–Kier alpha value is -0.280. The van der Waals surface area contributed by atoms with Crippen molar-refractivity contribution in [3.05, 3.63) is 0 Å². The first-order valence-corrected chi connectivity index (χ1v) is 7.34. The topological polar surface area (TPSA) is 41.1 Å². The summed E-state index contributed by atoms with van der Waals surface area (Å²) in [6, 6.07) is 0.465. The van der Waals surface area contributed by atoms with Crippen LogP contribution < -0.4 is 10.6 Å². The van der Waals surface area contributed by atoms with Gasteiger partial charge in [-0.15, -0.1) is 12.4 Å². The molecule has 0 bridgehead atoms. The number of carbonyl (C=O) groups excluding carboxylic acids is 1. The summed E-state index contributed by atoms with van der Waals surface area (Å²) in [6.07, 6.45) is 10.7. The van der Waals surface area contributed by atoms with E-state index < -0.39 is 0 Å². The van der Waals surface area contributed by atoms with Gasteiger partial charge < -0.3 is 10.6 Å². The summed E-state index contributed by atoms with van der Waals surface area (Å²) in [4.78, 5) is 11.8. The summed E-state index contributed by atoms with van der Waals surface area (Å²) in [6.45, 7) is 2.24. The Morgan fingerprint density at radius 3 is 2.44 bits per heavy atom. The molecule has 2 aliphatic rings. The molecule has 1 aliphatic heterocycles. The smallest absolute Gasteiger partial charge is 0.220 e. The molecular weight excluding hydrogens is 248 g/mol. The third kappa shape index (κ3) is 5.57. The third-order valence-corrected chi connectivity index (χ3v) is 4.16. The van der Waals surface area contributed by atoms with Gasteiger partial charge >= 0.3 is 0 Å². The second kappa shape index (κ2) is 8.76. The number of carbonyl (C=O) groups is 1. The van der Waals surface area contributed by atoms with Crippen LogP contribution in [0.4, 0.5) is 0 Å². The van der Waals surface area contributed by atoms with Crippen molar-refractivity contribution < 1.29 is 4.79 Å². The van der Waals surface area contributed by atoms with Gasteiger partial charge in [-0.3, -0.25) is 4.79 Å². The molecule has 1 amide bonds. The SMILES string of the molecule is Cl.O=C(CCC1CCNC1)NC1CCCCCC1. The number of rotatable bonds is 4. The summed E-state index contributed by atoms with van der Waals surface area (Å²) in [5.74, 6) is 1.01. The van der Waals surface area contributed by atoms with Crippen molar-refractivity contribution in [2.75, 3.05) is 13.1 Å². The predicted octanol–water partition coefficient (Wildman–Crippen LogP) is 2.64. The van der Waals surface area contributed by atoms with E-state index in [0.717, 1.165) is 31.8 Å². The highest BCUT2D eigenvalue weighted by Crippen LogP contribution is 2.18. The molecular formula is C14H27ClN2O. The Bertz CT molecular complexity index is 234. The van der Waals surface area contributed by atoms with Crippen molar-refractivity contribution >= 4 is 18.3 Å². The lowest BCUT2D eigenvalue weighted by Crippen LogP contribution is -2.34. The van der Waals surface area contributed by atoms with Gasteiger partial charge in [-0.2, -0.15) is 0 Å². The quantitative estimate of drug-likeness (QED) is 0.774. The average molecular weight is 275 g/mol. The standard InChI is InChI=1S/C14H26N2O.ClH/c17-14(8-7-12-9-10-15-11-12)16-13-5-3-1-2-4-6-13;/h12-13,15H,1-11H2,(H,16,17);1H. The summed E-state index contributed by atoms with van der Waals surface area (Å²) in [5, 5.41) is 6.58. The Kier molecular flexibility index (Phi) is 7.68. The van der Waals surface area contributed by atoms with Crippen LogP contribution in [-0.4, -0.2) is 25.0 Å². The van der Waals surface area contributed by atoms with Gasteiger partial charge in [-0.25, -0.2) is 0 Å². The molecule has 0 aromatic carbocycles. The predicted molar refractivity (Wildman–Crippen MR) is 77.1 cm³/mol. The van der Waals surface area contributed by atoms with Gasteiger partial charge in [0.05, 0.1) is 0 Å². The van der Waals surface area contributed by atoms with Crippen molar-refractivity contribution in [1.29, 1.82) is 0 Å². The first-order chi connectivity index (χ1) is 8.34. The Morgan fingerprint density at radius 1 is 1.11 bits per heavy atom. The molecule has 0 spiro atoms. The maximum absolute atomic E-state index is 11.8. The van der Waals surface area contributed by atoms with Crippen LogP contribution in [0.2, 0.25) is 0 Å². The van der Waals surface area contributed by atoms with Gasteiger partial charge in [-0.1, -0.05) is 25.7 Å². The molecule has 106 valence electrons. The maximum Gasteiger partial charge on any atom is 0.220 e. The first kappa shape index (κ1) is 15.8. The lowest BCUT2D eigenvalue weighted by Gasteiger charge is -2.16. The molecule has 1 atom stereocenters. The van der Waals surface area contributed by atoms with Crippen molar-refractivity contribution in [3.8, 4) is 0 Å². The van der Waals surface area contributed by atoms with Gasteiger partial charge in [0.15, 0.2) is 0 Å². The molecule has 1 unspecified atom stereocenters. The lowest BCUT2D eigenvalue weighted by molar-refractivity contribution is -0.122. The summed E-state index contributed by atoms with van der Waals surface area (Å²) >= 11 is 0. The molecule has 3 nitrogen and oxygen atoms in total. The highest BCUT2D eigenvalue weighted by atomic mass is 35.5. The number of halogens is 1. The van der Waals surface area contributed by atoms with Gasteiger partial charge in [0.2, 0.25) is 5.91 Å². The van der Waals surface area contributed by atoms with E-state index in [9.17, 15) is 4.79 Å². The molecule has 1 saturated carbocycles. The van der Waals surface area contributed by atoms with E-state index in [1.54, 1.807) is 0 Å². The minimum absolute atomic E-state index is 0. The fraction of sp³-hybridized carbons (Fsp3) is 0.929. The van der Waals surface area contributed by atoms with Crippen LogP contribution in [0, 0.1) is 5.92 Å². The summed E-state index contributed by atoms with van der Waals surface area (Å²) in [5.41, 5.74) is 0. The van der Waals surface area contributed by atoms with Crippen molar-refractivity contribution in [3.63, 3.8) is 0 Å². The van der Waals surface area contributed by atoms with E-state index in [0.29, 0.717) is 6.04 Å². The molecule has 0 aromatic heterocycles. The van der Waals surface area contributed by atoms with Crippen LogP contribution >= 0.6 is 12.4 Å². The molecule has 4 heteroatoms. The van der Waals surface area contributed by atoms with Crippen molar-refractivity contribution in [2.45, 2.75) is 63.8 Å². The zero-order valence-electron chi connectivity index (χ0n) is 11.2. The van der Waals surface area contributed by atoms with Crippen LogP contribution in [0.3, 0.4) is 0 Å². The minimum Gasteiger partial charge on any atom is -0.353 e. The fourth-order valence-electron chi connectivity index (χ4n) is 3.02. The number of hydrogen-bond acceptors (Lipinski definition) is 2. The second-order valence-corrected chi connectivity index (χ2v) is 5.65. The van der Waals surface area contributed by atoms with Crippen LogP contribution in [0.1, 0.15) is 57.8 Å². The molecule has 1 heterocycles. The van der Waals surface area contributed by atoms with Crippen LogP contribution in [-0.2, 0) is 4.79 Å². The monoisotopic (exact) mass is 274 g/mol. The normalized spacial score (nSPS) is 25.2. The zero-order valence-corrected chi connectivity index (χ0v) is 12.1. The van der Waals surface area contributed by atoms with Crippen molar-refractivity contribution in [2.24, 2.45) is 5.92 Å². The molecule has 1 saturated heterocycles. The van der Waals surface area contributed by atoms with Crippen LogP contribution in [0.25, 0.3) is 0 Å². The van der Waals surface area contributed by atoms with Gasteiger partial charge in [0.1, 0.15) is 0 Å². The fourth-order valence-corrected chi connectivity index (χ4v) is 3.02. The van der Waals surface area contributed by atoms with E-state index in [1.807, 2.05) is 0 Å². The molecule has 1 aliphatic carbocycles. The van der Waals surface area contributed by atoms with Crippen molar-refractivity contribution in [1.82, 2.24) is 10.6 Å². The Labute approximate surface area is 117 Å². The van der Waals surface area contributed by atoms with Crippen LogP contribution in [0.15, 0.2) is 0 Å². The third-order valence-electron chi connectivity index (χ3n) is 4.16. The van der Waals surface area contributed by atoms with Gasteiger partial charge in [-0.05, 0) is 44.7 Å². The molecule has 0 aromatic rings. The first-order valence-electron chi connectivity index (χ1n) is 7.34. The van der Waals surface area contributed by atoms with E-state index in [1.165, 1.54) is 44.9 Å². The minimum atomic E-state index is 0. The molecule has 0 radical (unpaired) electrons. The molecule has 18 heavy (non-hydrogen) atoms.